The number of benzene rings is 1. The van der Waals surface area contributed by atoms with E-state index in [1.165, 1.54) is 6.20 Å². The molecule has 0 amide bonds. The molecule has 1 aliphatic heterocycles. The summed E-state index contributed by atoms with van der Waals surface area (Å²) in [5, 5.41) is 3.66. The summed E-state index contributed by atoms with van der Waals surface area (Å²) in [5.74, 6) is 0.0648. The van der Waals surface area contributed by atoms with Crippen molar-refractivity contribution in [2.75, 3.05) is 0 Å². The van der Waals surface area contributed by atoms with Gasteiger partial charge < -0.3 is 9.26 Å². The number of esters is 1. The van der Waals surface area contributed by atoms with Crippen molar-refractivity contribution in [3.8, 4) is 0 Å². The van der Waals surface area contributed by atoms with Crippen LogP contribution >= 0.6 is 0 Å². The van der Waals surface area contributed by atoms with Crippen molar-refractivity contribution >= 4 is 17.1 Å². The maximum atomic E-state index is 12.1. The molecule has 3 rings (SSSR count). The van der Waals surface area contributed by atoms with Crippen molar-refractivity contribution in [1.82, 2.24) is 5.16 Å². The van der Waals surface area contributed by atoms with Crippen LogP contribution in [0, 0.1) is 0 Å². The quantitative estimate of drug-likeness (QED) is 0.774. The van der Waals surface area contributed by atoms with Crippen molar-refractivity contribution in [1.29, 1.82) is 0 Å². The van der Waals surface area contributed by atoms with Gasteiger partial charge in [0.1, 0.15) is 11.2 Å². The normalized spacial score (nSPS) is 17.7. The molecular formula is C15H13NO3. The zero-order valence-corrected chi connectivity index (χ0v) is 10.7. The summed E-state index contributed by atoms with van der Waals surface area (Å²) in [6.07, 6.45) is 1.52. The topological polar surface area (TPSA) is 52.3 Å². The average molecular weight is 255 g/mol. The molecule has 0 atom stereocenters. The molecule has 1 aromatic heterocycles. The third-order valence-corrected chi connectivity index (χ3v) is 3.15. The first-order valence-corrected chi connectivity index (χ1v) is 6.04. The third kappa shape index (κ3) is 1.85. The summed E-state index contributed by atoms with van der Waals surface area (Å²) in [5.41, 5.74) is 1.55. The standard InChI is InChI=1S/C15H13NO3/c1-15(2)13(10-6-4-3-5-7-10)12(14(17)18-15)11-8-9-16-19-11/h3-9H,1-2H3. The van der Waals surface area contributed by atoms with E-state index in [4.69, 9.17) is 9.26 Å². The van der Waals surface area contributed by atoms with E-state index in [-0.39, 0.29) is 5.97 Å². The largest absolute Gasteiger partial charge is 0.451 e. The van der Waals surface area contributed by atoms with Crippen LogP contribution in [0.4, 0.5) is 0 Å². The van der Waals surface area contributed by atoms with Crippen LogP contribution in [-0.2, 0) is 9.53 Å². The lowest BCUT2D eigenvalue weighted by atomic mass is 9.88. The predicted octanol–water partition coefficient (Wildman–Crippen LogP) is 2.92. The number of hydrogen-bond donors (Lipinski definition) is 0. The molecule has 96 valence electrons. The molecule has 2 heterocycles. The Labute approximate surface area is 110 Å². The highest BCUT2D eigenvalue weighted by Crippen LogP contribution is 2.43. The molecule has 19 heavy (non-hydrogen) atoms. The molecule has 0 saturated heterocycles. The molecule has 4 nitrogen and oxygen atoms in total. The second-order valence-corrected chi connectivity index (χ2v) is 4.89. The van der Waals surface area contributed by atoms with Gasteiger partial charge >= 0.3 is 5.97 Å². The second-order valence-electron chi connectivity index (χ2n) is 4.89. The lowest BCUT2D eigenvalue weighted by molar-refractivity contribution is -0.142. The van der Waals surface area contributed by atoms with E-state index in [1.54, 1.807) is 6.07 Å². The molecule has 0 bridgehead atoms. The molecule has 0 aliphatic carbocycles. The van der Waals surface area contributed by atoms with Gasteiger partial charge in [-0.15, -0.1) is 0 Å². The third-order valence-electron chi connectivity index (χ3n) is 3.15. The van der Waals surface area contributed by atoms with Gasteiger partial charge in [0.2, 0.25) is 0 Å². The lowest BCUT2D eigenvalue weighted by Gasteiger charge is -2.21. The van der Waals surface area contributed by atoms with E-state index < -0.39 is 5.60 Å². The monoisotopic (exact) mass is 255 g/mol. The van der Waals surface area contributed by atoms with Crippen LogP contribution in [0.2, 0.25) is 0 Å². The first-order valence-electron chi connectivity index (χ1n) is 6.04. The first kappa shape index (κ1) is 11.7. The Balaban J connectivity index is 2.26. The average Bonchev–Trinajstić information content (AvgIpc) is 2.95. The minimum atomic E-state index is -0.680. The van der Waals surface area contributed by atoms with Gasteiger partial charge in [0.25, 0.3) is 0 Å². The Morgan fingerprint density at radius 2 is 1.84 bits per heavy atom. The van der Waals surface area contributed by atoms with Crippen LogP contribution in [0.3, 0.4) is 0 Å². The highest BCUT2D eigenvalue weighted by molar-refractivity contribution is 6.27. The summed E-state index contributed by atoms with van der Waals surface area (Å²) in [4.78, 5) is 12.1. The lowest BCUT2D eigenvalue weighted by Crippen LogP contribution is -2.22. The van der Waals surface area contributed by atoms with E-state index in [9.17, 15) is 4.79 Å². The molecule has 1 aliphatic rings. The van der Waals surface area contributed by atoms with E-state index >= 15 is 0 Å². The second kappa shape index (κ2) is 4.09. The molecule has 4 heteroatoms. The van der Waals surface area contributed by atoms with Crippen LogP contribution in [0.5, 0.6) is 0 Å². The van der Waals surface area contributed by atoms with Gasteiger partial charge in [-0.25, -0.2) is 4.79 Å². The number of ether oxygens (including phenoxy) is 1. The Hall–Kier alpha value is -2.36. The number of cyclic esters (lactones) is 1. The Morgan fingerprint density at radius 1 is 1.11 bits per heavy atom. The highest BCUT2D eigenvalue weighted by Gasteiger charge is 2.42. The van der Waals surface area contributed by atoms with Gasteiger partial charge in [-0.2, -0.15) is 0 Å². The minimum Gasteiger partial charge on any atom is -0.451 e. The Bertz CT molecular complexity index is 639. The first-order chi connectivity index (χ1) is 9.09. The van der Waals surface area contributed by atoms with Crippen molar-refractivity contribution in [2.24, 2.45) is 0 Å². The fourth-order valence-corrected chi connectivity index (χ4v) is 2.40. The molecule has 0 fully saturated rings. The Morgan fingerprint density at radius 3 is 2.47 bits per heavy atom. The molecule has 1 aromatic carbocycles. The number of carbonyl (C=O) groups excluding carboxylic acids is 1. The van der Waals surface area contributed by atoms with Crippen LogP contribution in [-0.4, -0.2) is 16.7 Å². The van der Waals surface area contributed by atoms with E-state index in [0.29, 0.717) is 11.3 Å². The van der Waals surface area contributed by atoms with Gasteiger partial charge in [-0.05, 0) is 19.4 Å². The number of aromatic nitrogens is 1. The summed E-state index contributed by atoms with van der Waals surface area (Å²) in [6, 6.07) is 11.4. The fourth-order valence-electron chi connectivity index (χ4n) is 2.40. The van der Waals surface area contributed by atoms with Gasteiger partial charge in [-0.3, -0.25) is 0 Å². The van der Waals surface area contributed by atoms with Crippen molar-refractivity contribution in [3.63, 3.8) is 0 Å². The van der Waals surface area contributed by atoms with E-state index in [0.717, 1.165) is 11.1 Å². The summed E-state index contributed by atoms with van der Waals surface area (Å²) in [6.45, 7) is 3.74. The summed E-state index contributed by atoms with van der Waals surface area (Å²) < 4.78 is 10.6. The predicted molar refractivity (Wildman–Crippen MR) is 69.9 cm³/mol. The number of nitrogens with zero attached hydrogens (tertiary/aromatic N) is 1. The van der Waals surface area contributed by atoms with E-state index in [2.05, 4.69) is 5.16 Å². The van der Waals surface area contributed by atoms with Crippen LogP contribution in [0.1, 0.15) is 25.2 Å². The molecule has 0 unspecified atom stereocenters. The highest BCUT2D eigenvalue weighted by atomic mass is 16.6. The molecule has 2 aromatic rings. The zero-order valence-electron chi connectivity index (χ0n) is 10.7. The minimum absolute atomic E-state index is 0.374. The van der Waals surface area contributed by atoms with Gasteiger partial charge in [0.15, 0.2) is 5.76 Å². The van der Waals surface area contributed by atoms with Crippen molar-refractivity contribution in [3.05, 3.63) is 53.9 Å². The van der Waals surface area contributed by atoms with Crippen LogP contribution in [0.15, 0.2) is 47.1 Å². The van der Waals surface area contributed by atoms with Crippen LogP contribution in [0.25, 0.3) is 11.1 Å². The van der Waals surface area contributed by atoms with Crippen molar-refractivity contribution < 1.29 is 14.1 Å². The number of carbonyl (C=O) groups is 1. The molecule has 0 N–H and O–H groups in total. The Kier molecular flexibility index (Phi) is 2.52. The number of hydrogen-bond acceptors (Lipinski definition) is 4. The van der Waals surface area contributed by atoms with Crippen LogP contribution < -0.4 is 0 Å². The summed E-state index contributed by atoms with van der Waals surface area (Å²) in [7, 11) is 0. The zero-order chi connectivity index (χ0) is 13.5. The molecule has 0 saturated carbocycles. The SMILES string of the molecule is CC1(C)OC(=O)C(c2ccno2)=C1c1ccccc1. The van der Waals surface area contributed by atoms with Gasteiger partial charge in [0, 0.05) is 11.6 Å². The summed E-state index contributed by atoms with van der Waals surface area (Å²) >= 11 is 0. The fraction of sp³-hybridized carbons (Fsp3) is 0.200. The molecule has 0 radical (unpaired) electrons. The number of rotatable bonds is 2. The molecular weight excluding hydrogens is 242 g/mol. The van der Waals surface area contributed by atoms with Gasteiger partial charge in [0.05, 0.1) is 6.20 Å². The van der Waals surface area contributed by atoms with Crippen molar-refractivity contribution in [2.45, 2.75) is 19.4 Å². The van der Waals surface area contributed by atoms with E-state index in [1.807, 2.05) is 44.2 Å². The molecule has 0 spiro atoms. The maximum absolute atomic E-state index is 12.1. The smallest absolute Gasteiger partial charge is 0.343 e. The van der Waals surface area contributed by atoms with Gasteiger partial charge in [-0.1, -0.05) is 35.5 Å². The maximum Gasteiger partial charge on any atom is 0.343 e.